The Morgan fingerprint density at radius 2 is 1.82 bits per heavy atom. The van der Waals surface area contributed by atoms with Crippen LogP contribution in [-0.4, -0.2) is 22.9 Å². The second-order valence-corrected chi connectivity index (χ2v) is 10.2. The van der Waals surface area contributed by atoms with E-state index in [1.54, 1.807) is 0 Å². The van der Waals surface area contributed by atoms with Gasteiger partial charge in [-0.15, -0.1) is 11.6 Å². The summed E-state index contributed by atoms with van der Waals surface area (Å²) in [7, 11) is 0. The van der Waals surface area contributed by atoms with E-state index in [-0.39, 0.29) is 28.1 Å². The summed E-state index contributed by atoms with van der Waals surface area (Å²) in [5.74, 6) is 1.65. The van der Waals surface area contributed by atoms with Crippen molar-refractivity contribution in [2.75, 3.05) is 0 Å². The molecule has 4 rings (SSSR count). The number of rotatable bonds is 2. The Balaban J connectivity index is 1.70. The van der Waals surface area contributed by atoms with Crippen LogP contribution in [0.5, 0.6) is 0 Å². The molecule has 0 radical (unpaired) electrons. The van der Waals surface area contributed by atoms with Crippen LogP contribution < -0.4 is 0 Å². The molecule has 0 saturated heterocycles. The highest BCUT2D eigenvalue weighted by Crippen LogP contribution is 2.68. The Morgan fingerprint density at radius 1 is 1.11 bits per heavy atom. The molecule has 4 aliphatic rings. The summed E-state index contributed by atoms with van der Waals surface area (Å²) in [5.41, 5.74) is -0.908. The largest absolute Gasteiger partial charge is 0.457 e. The van der Waals surface area contributed by atoms with Crippen molar-refractivity contribution in [3.05, 3.63) is 24.0 Å². The highest BCUT2D eigenvalue weighted by molar-refractivity contribution is 6.21. The molecule has 5 heteroatoms. The van der Waals surface area contributed by atoms with Gasteiger partial charge in [-0.05, 0) is 55.9 Å². The van der Waals surface area contributed by atoms with Crippen molar-refractivity contribution in [3.8, 4) is 0 Å². The van der Waals surface area contributed by atoms with Crippen molar-refractivity contribution < 1.29 is 19.1 Å². The summed E-state index contributed by atoms with van der Waals surface area (Å²) in [6.07, 6.45) is 11.8. The fourth-order valence-corrected chi connectivity index (χ4v) is 7.69. The Kier molecular flexibility index (Phi) is 4.73. The lowest BCUT2D eigenvalue weighted by Crippen LogP contribution is -2.66. The molecule has 2 fully saturated rings. The molecule has 0 unspecified atom stereocenters. The third-order valence-corrected chi connectivity index (χ3v) is 8.96. The molecule has 2 saturated carbocycles. The summed E-state index contributed by atoms with van der Waals surface area (Å²) in [6.45, 7) is 7.49. The molecule has 0 aliphatic heterocycles. The number of halogens is 1. The quantitative estimate of drug-likeness (QED) is 0.361. The number of fused-ring (bicyclic) bond motifs is 5. The Bertz CT molecular complexity index is 758. The number of ether oxygens (including phenoxy) is 2. The normalized spacial score (nSPS) is 46.7. The van der Waals surface area contributed by atoms with Gasteiger partial charge in [-0.25, -0.2) is 0 Å². The highest BCUT2D eigenvalue weighted by atomic mass is 35.5. The third-order valence-electron chi connectivity index (χ3n) is 8.43. The topological polar surface area (TPSA) is 52.6 Å². The molecule has 0 amide bonds. The van der Waals surface area contributed by atoms with E-state index >= 15 is 0 Å². The van der Waals surface area contributed by atoms with E-state index in [1.165, 1.54) is 13.8 Å². The molecule has 0 bridgehead atoms. The molecule has 0 aromatic carbocycles. The third kappa shape index (κ3) is 2.63. The van der Waals surface area contributed by atoms with Crippen LogP contribution in [0.15, 0.2) is 24.0 Å². The molecule has 28 heavy (non-hydrogen) atoms. The van der Waals surface area contributed by atoms with Crippen LogP contribution in [0.3, 0.4) is 0 Å². The van der Waals surface area contributed by atoms with Crippen LogP contribution in [0.2, 0.25) is 0 Å². The first-order valence-corrected chi connectivity index (χ1v) is 11.0. The molecular weight excluding hydrogens is 376 g/mol. The highest BCUT2D eigenvalue weighted by Gasteiger charge is 2.67. The minimum absolute atomic E-state index is 0.105. The van der Waals surface area contributed by atoms with Crippen molar-refractivity contribution >= 4 is 23.5 Å². The maximum Gasteiger partial charge on any atom is 0.307 e. The molecule has 0 heterocycles. The van der Waals surface area contributed by atoms with Crippen LogP contribution in [0.1, 0.15) is 66.2 Å². The van der Waals surface area contributed by atoms with Gasteiger partial charge < -0.3 is 9.47 Å². The van der Waals surface area contributed by atoms with E-state index in [9.17, 15) is 9.59 Å². The van der Waals surface area contributed by atoms with Crippen LogP contribution in [0, 0.1) is 28.6 Å². The van der Waals surface area contributed by atoms with Gasteiger partial charge in [-0.3, -0.25) is 9.59 Å². The van der Waals surface area contributed by atoms with E-state index in [2.05, 4.69) is 32.1 Å². The van der Waals surface area contributed by atoms with Crippen molar-refractivity contribution in [3.63, 3.8) is 0 Å². The Labute approximate surface area is 172 Å². The van der Waals surface area contributed by atoms with Crippen LogP contribution in [-0.2, 0) is 19.1 Å². The van der Waals surface area contributed by atoms with Gasteiger partial charge in [0.05, 0.1) is 5.38 Å². The molecule has 0 aromatic heterocycles. The van der Waals surface area contributed by atoms with Gasteiger partial charge in [-0.2, -0.15) is 0 Å². The number of allylic oxidation sites excluding steroid dienone is 3. The van der Waals surface area contributed by atoms with Crippen molar-refractivity contribution in [2.24, 2.45) is 28.6 Å². The molecule has 0 spiro atoms. The zero-order chi connectivity index (χ0) is 20.3. The molecule has 154 valence electrons. The number of hydrogen-bond acceptors (Lipinski definition) is 4. The number of carbonyl (C=O) groups is 2. The predicted molar refractivity (Wildman–Crippen MR) is 108 cm³/mol. The van der Waals surface area contributed by atoms with Gasteiger partial charge >= 0.3 is 11.9 Å². The molecule has 7 atom stereocenters. The van der Waals surface area contributed by atoms with Gasteiger partial charge in [0.2, 0.25) is 0 Å². The lowest BCUT2D eigenvalue weighted by Gasteiger charge is -2.64. The fourth-order valence-electron chi connectivity index (χ4n) is 7.10. The van der Waals surface area contributed by atoms with Crippen LogP contribution in [0.25, 0.3) is 0 Å². The van der Waals surface area contributed by atoms with Gasteiger partial charge in [0.15, 0.2) is 0 Å². The summed E-state index contributed by atoms with van der Waals surface area (Å²) in [4.78, 5) is 23.6. The Morgan fingerprint density at radius 3 is 2.50 bits per heavy atom. The molecule has 0 aromatic rings. The maximum absolute atomic E-state index is 12.0. The number of esters is 2. The number of hydrogen-bond donors (Lipinski definition) is 0. The minimum Gasteiger partial charge on any atom is -0.457 e. The Hall–Kier alpha value is -1.29. The van der Waals surface area contributed by atoms with Crippen LogP contribution >= 0.6 is 11.6 Å². The molecular formula is C23H31ClO4. The second-order valence-electron chi connectivity index (χ2n) is 9.71. The zero-order valence-electron chi connectivity index (χ0n) is 17.3. The monoisotopic (exact) mass is 406 g/mol. The fraction of sp³-hybridized carbons (Fsp3) is 0.739. The van der Waals surface area contributed by atoms with Crippen molar-refractivity contribution in [1.82, 2.24) is 0 Å². The lowest BCUT2D eigenvalue weighted by atomic mass is 9.44. The first kappa shape index (κ1) is 20.0. The van der Waals surface area contributed by atoms with Crippen LogP contribution in [0.4, 0.5) is 0 Å². The van der Waals surface area contributed by atoms with Crippen molar-refractivity contribution in [1.29, 1.82) is 0 Å². The average molecular weight is 407 g/mol. The van der Waals surface area contributed by atoms with Gasteiger partial charge in [0.25, 0.3) is 0 Å². The van der Waals surface area contributed by atoms with Gasteiger partial charge in [0, 0.05) is 31.1 Å². The molecule has 0 N–H and O–H groups in total. The second kappa shape index (κ2) is 6.62. The first-order chi connectivity index (χ1) is 13.1. The summed E-state index contributed by atoms with van der Waals surface area (Å²) >= 11 is 7.04. The summed E-state index contributed by atoms with van der Waals surface area (Å²) in [5, 5.41) is -0.215. The standard InChI is InChI=1S/C23H31ClO4/c1-14(25)27-20-8-7-17-16-13-19(24)23(28-15(2)26)11-6-5-10-22(23,4)18(16)9-12-21(17,20)3/h5-6,8,16-19H,7,9-13H2,1-4H3/t16-,17+,18+,19-,21+,22-,23+/m1/s1. The zero-order valence-corrected chi connectivity index (χ0v) is 18.1. The van der Waals surface area contributed by atoms with E-state index in [1.807, 2.05) is 0 Å². The molecule has 4 nitrogen and oxygen atoms in total. The number of alkyl halides is 1. The number of carbonyl (C=O) groups excluding carboxylic acids is 2. The van der Waals surface area contributed by atoms with E-state index < -0.39 is 5.60 Å². The van der Waals surface area contributed by atoms with Gasteiger partial charge in [0.1, 0.15) is 11.4 Å². The first-order valence-electron chi connectivity index (χ1n) is 10.5. The predicted octanol–water partition coefficient (Wildman–Crippen LogP) is 5.16. The van der Waals surface area contributed by atoms with Gasteiger partial charge in [-0.1, -0.05) is 26.0 Å². The van der Waals surface area contributed by atoms with Crippen molar-refractivity contribution in [2.45, 2.75) is 77.2 Å². The summed E-state index contributed by atoms with van der Waals surface area (Å²) < 4.78 is 11.7. The molecule has 4 aliphatic carbocycles. The smallest absolute Gasteiger partial charge is 0.307 e. The SMILES string of the molecule is CC(=O)OC1=CC[C@H]2[C@H]3C[C@@H](Cl)[C@@]4(OC(C)=O)CC=CC[C@]4(C)[C@H]3CC[C@]12C. The lowest BCUT2D eigenvalue weighted by molar-refractivity contribution is -0.210. The average Bonchev–Trinajstić information content (AvgIpc) is 2.92. The van der Waals surface area contributed by atoms with E-state index in [0.717, 1.165) is 37.9 Å². The summed E-state index contributed by atoms with van der Waals surface area (Å²) in [6, 6.07) is 0. The van der Waals surface area contributed by atoms with E-state index in [4.69, 9.17) is 21.1 Å². The minimum atomic E-state index is -0.630. The van der Waals surface area contributed by atoms with E-state index in [0.29, 0.717) is 24.2 Å². The maximum atomic E-state index is 12.0.